The molecule has 26 heavy (non-hydrogen) atoms. The molecule has 8 nitrogen and oxygen atoms in total. The lowest BCUT2D eigenvalue weighted by Gasteiger charge is -2.09. The minimum absolute atomic E-state index is 0.123. The Bertz CT molecular complexity index is 970. The quantitative estimate of drug-likeness (QED) is 0.494. The van der Waals surface area contributed by atoms with Crippen molar-refractivity contribution >= 4 is 15.8 Å². The molecule has 0 atom stereocenters. The summed E-state index contributed by atoms with van der Waals surface area (Å²) in [5.74, 6) is 0.622. The molecule has 0 aliphatic rings. The van der Waals surface area contributed by atoms with Gasteiger partial charge in [-0.1, -0.05) is 0 Å². The summed E-state index contributed by atoms with van der Waals surface area (Å²) in [6, 6.07) is 8.47. The molecule has 9 heteroatoms. The van der Waals surface area contributed by atoms with E-state index in [1.165, 1.54) is 12.3 Å². The maximum Gasteiger partial charge on any atom is 0.392 e. The van der Waals surface area contributed by atoms with Crippen LogP contribution in [0.2, 0.25) is 0 Å². The van der Waals surface area contributed by atoms with E-state index in [0.29, 0.717) is 24.6 Å². The Kier molecular flexibility index (Phi) is 5.08. The van der Waals surface area contributed by atoms with Gasteiger partial charge in [0.1, 0.15) is 24.4 Å². The maximum absolute atomic E-state index is 12.1. The summed E-state index contributed by atoms with van der Waals surface area (Å²) >= 11 is 0. The number of hydrogen-bond acceptors (Lipinski definition) is 7. The molecule has 0 radical (unpaired) electrons. The highest BCUT2D eigenvalue weighted by atomic mass is 32.2. The molecule has 3 aromatic rings. The second kappa shape index (κ2) is 7.44. The van der Waals surface area contributed by atoms with Crippen LogP contribution in [0.5, 0.6) is 11.5 Å². The molecule has 0 amide bonds. The van der Waals surface area contributed by atoms with Gasteiger partial charge in [-0.2, -0.15) is 8.42 Å². The lowest BCUT2D eigenvalue weighted by molar-refractivity contribution is -0.697. The number of aryl methyl sites for hydroxylation is 1. The highest BCUT2D eigenvalue weighted by Gasteiger charge is 2.22. The molecule has 2 aromatic heterocycles. The van der Waals surface area contributed by atoms with Crippen LogP contribution in [0.25, 0.3) is 0 Å². The van der Waals surface area contributed by atoms with Crippen molar-refractivity contribution in [3.8, 4) is 11.5 Å². The summed E-state index contributed by atoms with van der Waals surface area (Å²) in [7, 11) is -4.12. The number of anilines is 1. The number of pyridine rings is 1. The van der Waals surface area contributed by atoms with E-state index in [2.05, 4.69) is 4.98 Å². The van der Waals surface area contributed by atoms with Crippen LogP contribution in [0.3, 0.4) is 0 Å². The maximum atomic E-state index is 12.1. The number of rotatable bonds is 7. The SMILES string of the molecule is Cc1cc(OCC[n+]2ccc(N)cc2)cc(OS(=O)(=O)c2ncco2)c1. The fourth-order valence-electron chi connectivity index (χ4n) is 2.23. The van der Waals surface area contributed by atoms with E-state index in [0.717, 1.165) is 11.8 Å². The molecular weight excluding hydrogens is 358 g/mol. The first-order valence-corrected chi connectivity index (χ1v) is 9.16. The van der Waals surface area contributed by atoms with Crippen LogP contribution in [-0.2, 0) is 16.7 Å². The number of aromatic nitrogens is 2. The van der Waals surface area contributed by atoms with Crippen molar-refractivity contribution in [1.82, 2.24) is 4.98 Å². The molecule has 0 unspecified atom stereocenters. The average molecular weight is 376 g/mol. The normalized spacial score (nSPS) is 11.3. The van der Waals surface area contributed by atoms with Gasteiger partial charge in [0.25, 0.3) is 0 Å². The van der Waals surface area contributed by atoms with Crippen molar-refractivity contribution in [1.29, 1.82) is 0 Å². The van der Waals surface area contributed by atoms with Crippen LogP contribution in [-0.4, -0.2) is 20.0 Å². The third kappa shape index (κ3) is 4.51. The fourth-order valence-corrected chi connectivity index (χ4v) is 3.01. The number of hydrogen-bond donors (Lipinski definition) is 1. The Morgan fingerprint density at radius 2 is 1.92 bits per heavy atom. The van der Waals surface area contributed by atoms with E-state index < -0.39 is 15.3 Å². The monoisotopic (exact) mass is 376 g/mol. The smallest absolute Gasteiger partial charge is 0.392 e. The van der Waals surface area contributed by atoms with Gasteiger partial charge >= 0.3 is 15.3 Å². The molecule has 0 saturated carbocycles. The Morgan fingerprint density at radius 3 is 2.62 bits per heavy atom. The number of nitrogen functional groups attached to an aromatic ring is 1. The summed E-state index contributed by atoms with van der Waals surface area (Å²) in [4.78, 5) is 3.60. The van der Waals surface area contributed by atoms with Gasteiger partial charge in [-0.25, -0.2) is 9.55 Å². The van der Waals surface area contributed by atoms with Crippen LogP contribution in [0, 0.1) is 6.92 Å². The lowest BCUT2D eigenvalue weighted by Crippen LogP contribution is -2.35. The number of ether oxygens (including phenoxy) is 1. The highest BCUT2D eigenvalue weighted by Crippen LogP contribution is 2.25. The van der Waals surface area contributed by atoms with Gasteiger partial charge in [0.15, 0.2) is 18.9 Å². The Labute approximate surface area is 150 Å². The van der Waals surface area contributed by atoms with E-state index in [9.17, 15) is 8.42 Å². The van der Waals surface area contributed by atoms with Gasteiger partial charge in [0.2, 0.25) is 0 Å². The zero-order valence-electron chi connectivity index (χ0n) is 14.0. The molecule has 0 spiro atoms. The van der Waals surface area contributed by atoms with Crippen molar-refractivity contribution < 1.29 is 26.3 Å². The predicted molar refractivity (Wildman–Crippen MR) is 92.0 cm³/mol. The van der Waals surface area contributed by atoms with Gasteiger partial charge in [0.05, 0.1) is 6.20 Å². The van der Waals surface area contributed by atoms with Gasteiger partial charge in [0, 0.05) is 23.9 Å². The average Bonchev–Trinajstić information content (AvgIpc) is 3.11. The van der Waals surface area contributed by atoms with Crippen molar-refractivity contribution in [2.24, 2.45) is 0 Å². The summed E-state index contributed by atoms with van der Waals surface area (Å²) in [5, 5.41) is -0.499. The number of benzene rings is 1. The molecule has 2 heterocycles. The van der Waals surface area contributed by atoms with Gasteiger partial charge in [-0.15, -0.1) is 0 Å². The Balaban J connectivity index is 1.66. The number of nitrogens with zero attached hydrogens (tertiary/aromatic N) is 2. The van der Waals surface area contributed by atoms with Crippen LogP contribution < -0.4 is 19.2 Å². The predicted octanol–water partition coefficient (Wildman–Crippen LogP) is 1.70. The highest BCUT2D eigenvalue weighted by molar-refractivity contribution is 7.86. The van der Waals surface area contributed by atoms with E-state index >= 15 is 0 Å². The first-order valence-electron chi connectivity index (χ1n) is 7.75. The van der Waals surface area contributed by atoms with E-state index in [1.54, 1.807) is 24.3 Å². The summed E-state index contributed by atoms with van der Waals surface area (Å²) in [6.07, 6.45) is 6.10. The molecule has 1 aromatic carbocycles. The molecule has 136 valence electrons. The first-order chi connectivity index (χ1) is 12.4. The first kappa shape index (κ1) is 17.7. The van der Waals surface area contributed by atoms with Crippen LogP contribution in [0.4, 0.5) is 5.69 Å². The molecule has 0 saturated heterocycles. The standard InChI is InChI=1S/C17H17N3O5S/c1-13-10-15(23-9-7-20-5-2-14(18)3-6-20)12-16(11-13)25-26(21,22)17-19-4-8-24-17/h2-6,8,10-12,18H,7,9H2,1H3/p+1. The molecule has 2 N–H and O–H groups in total. The summed E-state index contributed by atoms with van der Waals surface area (Å²) in [5.41, 5.74) is 7.13. The van der Waals surface area contributed by atoms with Gasteiger partial charge in [-0.3, -0.25) is 0 Å². The van der Waals surface area contributed by atoms with Crippen LogP contribution in [0.1, 0.15) is 5.56 Å². The topological polar surface area (TPSA) is 109 Å². The van der Waals surface area contributed by atoms with Crippen molar-refractivity contribution in [3.05, 3.63) is 60.7 Å². The number of oxazole rings is 1. The van der Waals surface area contributed by atoms with Gasteiger partial charge < -0.3 is 19.1 Å². The fraction of sp³-hybridized carbons (Fsp3) is 0.176. The largest absolute Gasteiger partial charge is 0.487 e. The molecule has 0 fully saturated rings. The van der Waals surface area contributed by atoms with Crippen LogP contribution >= 0.6 is 0 Å². The third-order valence-electron chi connectivity index (χ3n) is 3.39. The van der Waals surface area contributed by atoms with Crippen molar-refractivity contribution in [2.45, 2.75) is 18.7 Å². The van der Waals surface area contributed by atoms with E-state index in [4.69, 9.17) is 19.1 Å². The lowest BCUT2D eigenvalue weighted by atomic mass is 10.2. The van der Waals surface area contributed by atoms with Crippen molar-refractivity contribution in [2.75, 3.05) is 12.3 Å². The van der Waals surface area contributed by atoms with Crippen molar-refractivity contribution in [3.63, 3.8) is 0 Å². The third-order valence-corrected chi connectivity index (χ3v) is 4.43. The Morgan fingerprint density at radius 1 is 1.19 bits per heavy atom. The zero-order chi connectivity index (χ0) is 18.6. The minimum atomic E-state index is -4.12. The zero-order valence-corrected chi connectivity index (χ0v) is 14.8. The van der Waals surface area contributed by atoms with Crippen LogP contribution in [0.15, 0.2) is 64.8 Å². The Hall–Kier alpha value is -3.07. The molecule has 0 aliphatic heterocycles. The molecule has 0 bridgehead atoms. The molecular formula is C17H18N3O5S+. The molecule has 3 rings (SSSR count). The summed E-state index contributed by atoms with van der Waals surface area (Å²) < 4.78 is 41.6. The second-order valence-electron chi connectivity index (χ2n) is 5.54. The van der Waals surface area contributed by atoms with E-state index in [1.807, 2.05) is 23.9 Å². The molecule has 0 aliphatic carbocycles. The number of nitrogens with two attached hydrogens (primary N) is 1. The van der Waals surface area contributed by atoms with Gasteiger partial charge in [-0.05, 0) is 24.6 Å². The second-order valence-corrected chi connectivity index (χ2v) is 6.96. The minimum Gasteiger partial charge on any atom is -0.487 e. The summed E-state index contributed by atoms with van der Waals surface area (Å²) in [6.45, 7) is 2.81. The van der Waals surface area contributed by atoms with E-state index in [-0.39, 0.29) is 5.75 Å².